The minimum absolute atomic E-state index is 0.822. The molecule has 0 aliphatic carbocycles. The van der Waals surface area contributed by atoms with Crippen molar-refractivity contribution in [2.24, 2.45) is 0 Å². The van der Waals surface area contributed by atoms with Crippen LogP contribution in [0.25, 0.3) is 5.57 Å². The Morgan fingerprint density at radius 2 is 0.905 bits per heavy atom. The van der Waals surface area contributed by atoms with E-state index in [4.69, 9.17) is 5.73 Å². The van der Waals surface area contributed by atoms with Crippen LogP contribution in [-0.2, 0) is 0 Å². The third-order valence-corrected chi connectivity index (χ3v) is 3.04. The summed E-state index contributed by atoms with van der Waals surface area (Å²) in [5, 5.41) is 0. The van der Waals surface area contributed by atoms with Crippen molar-refractivity contribution >= 4 is 11.3 Å². The van der Waals surface area contributed by atoms with E-state index in [1.165, 1.54) is 11.1 Å². The minimum atomic E-state index is 0.822. The molecule has 0 spiro atoms. The van der Waals surface area contributed by atoms with Crippen molar-refractivity contribution < 1.29 is 0 Å². The van der Waals surface area contributed by atoms with Crippen molar-refractivity contribution in [1.29, 1.82) is 0 Å². The van der Waals surface area contributed by atoms with Crippen LogP contribution in [-0.4, -0.2) is 0 Å². The second kappa shape index (κ2) is 7.71. The summed E-state index contributed by atoms with van der Waals surface area (Å²) in [4.78, 5) is 0. The first-order valence-electron chi connectivity index (χ1n) is 6.87. The molecule has 0 aliphatic rings. The van der Waals surface area contributed by atoms with E-state index in [-0.39, 0.29) is 0 Å². The summed E-state index contributed by atoms with van der Waals surface area (Å²) in [6, 6.07) is 30.0. The molecule has 21 heavy (non-hydrogen) atoms. The molecule has 0 amide bonds. The van der Waals surface area contributed by atoms with Gasteiger partial charge in [0.2, 0.25) is 0 Å². The molecule has 0 aliphatic heterocycles. The quantitative estimate of drug-likeness (QED) is 0.652. The van der Waals surface area contributed by atoms with Crippen LogP contribution >= 0.6 is 0 Å². The minimum Gasteiger partial charge on any atom is -0.399 e. The number of rotatable bonds is 2. The second-order valence-corrected chi connectivity index (χ2v) is 4.62. The summed E-state index contributed by atoms with van der Waals surface area (Å²) in [6.07, 6.45) is 0. The van der Waals surface area contributed by atoms with Crippen LogP contribution in [0.2, 0.25) is 0 Å². The first-order valence-corrected chi connectivity index (χ1v) is 6.87. The van der Waals surface area contributed by atoms with Crippen molar-refractivity contribution in [2.75, 3.05) is 5.73 Å². The zero-order valence-corrected chi connectivity index (χ0v) is 11.9. The number of benzene rings is 3. The van der Waals surface area contributed by atoms with Crippen molar-refractivity contribution in [1.82, 2.24) is 0 Å². The van der Waals surface area contributed by atoms with Gasteiger partial charge in [0.1, 0.15) is 0 Å². The fourth-order valence-corrected chi connectivity index (χ4v) is 1.90. The van der Waals surface area contributed by atoms with Crippen molar-refractivity contribution in [3.05, 3.63) is 109 Å². The van der Waals surface area contributed by atoms with Gasteiger partial charge >= 0.3 is 0 Å². The van der Waals surface area contributed by atoms with E-state index < -0.39 is 0 Å². The summed E-state index contributed by atoms with van der Waals surface area (Å²) in [5.74, 6) is 0. The van der Waals surface area contributed by atoms with Crippen LogP contribution in [0.1, 0.15) is 11.1 Å². The lowest BCUT2D eigenvalue weighted by Crippen LogP contribution is -1.84. The van der Waals surface area contributed by atoms with E-state index in [0.29, 0.717) is 0 Å². The fourth-order valence-electron chi connectivity index (χ4n) is 1.90. The summed E-state index contributed by atoms with van der Waals surface area (Å²) in [6.45, 7) is 4.10. The van der Waals surface area contributed by atoms with Crippen LogP contribution in [0.4, 0.5) is 5.69 Å². The lowest BCUT2D eigenvalue weighted by molar-refractivity contribution is 1.56. The summed E-state index contributed by atoms with van der Waals surface area (Å²) in [7, 11) is 0. The lowest BCUT2D eigenvalue weighted by atomic mass is 10.0. The predicted octanol–water partition coefficient (Wildman–Crippen LogP) is 5.02. The first kappa shape index (κ1) is 14.6. The molecule has 0 radical (unpaired) electrons. The Hall–Kier alpha value is -2.80. The topological polar surface area (TPSA) is 26.0 Å². The molecule has 0 aromatic heterocycles. The molecular formula is C20H19N. The van der Waals surface area contributed by atoms with Crippen LogP contribution in [0.15, 0.2) is 97.6 Å². The van der Waals surface area contributed by atoms with Gasteiger partial charge in [0.25, 0.3) is 0 Å². The highest BCUT2D eigenvalue weighted by Crippen LogP contribution is 2.20. The average molecular weight is 273 g/mol. The maximum atomic E-state index is 5.36. The molecule has 104 valence electrons. The smallest absolute Gasteiger partial charge is 0.0313 e. The number of para-hydroxylation sites is 1. The van der Waals surface area contributed by atoms with Crippen molar-refractivity contribution in [3.63, 3.8) is 0 Å². The zero-order valence-electron chi connectivity index (χ0n) is 11.9. The van der Waals surface area contributed by atoms with E-state index in [1.807, 2.05) is 66.7 Å². The van der Waals surface area contributed by atoms with Gasteiger partial charge in [-0.15, -0.1) is 0 Å². The van der Waals surface area contributed by atoms with Gasteiger partial charge in [-0.25, -0.2) is 0 Å². The van der Waals surface area contributed by atoms with Crippen LogP contribution in [0.3, 0.4) is 0 Å². The summed E-state index contributed by atoms with van der Waals surface area (Å²) >= 11 is 0. The van der Waals surface area contributed by atoms with Gasteiger partial charge in [0.15, 0.2) is 0 Å². The predicted molar refractivity (Wildman–Crippen MR) is 91.9 cm³/mol. The highest BCUT2D eigenvalue weighted by Gasteiger charge is 1.99. The highest BCUT2D eigenvalue weighted by atomic mass is 14.5. The standard InChI is InChI=1S/C14H12.C6H7N/c1-12(13-8-4-2-5-9-13)14-10-6-3-7-11-14;7-6-4-2-1-3-5-6/h2-11H,1H2;1-5H,7H2. The van der Waals surface area contributed by atoms with Gasteiger partial charge in [-0.1, -0.05) is 85.4 Å². The van der Waals surface area contributed by atoms with E-state index in [1.54, 1.807) is 0 Å². The van der Waals surface area contributed by atoms with Crippen molar-refractivity contribution in [2.45, 2.75) is 0 Å². The molecule has 2 N–H and O–H groups in total. The molecule has 0 unspecified atom stereocenters. The fraction of sp³-hybridized carbons (Fsp3) is 0. The van der Waals surface area contributed by atoms with Gasteiger partial charge in [-0.2, -0.15) is 0 Å². The number of nitrogens with two attached hydrogens (primary N) is 1. The Morgan fingerprint density at radius 1 is 0.571 bits per heavy atom. The van der Waals surface area contributed by atoms with Crippen molar-refractivity contribution in [3.8, 4) is 0 Å². The third-order valence-electron chi connectivity index (χ3n) is 3.04. The summed E-state index contributed by atoms with van der Waals surface area (Å²) in [5.41, 5.74) is 9.61. The molecule has 0 atom stereocenters. The van der Waals surface area contributed by atoms with Gasteiger partial charge < -0.3 is 5.73 Å². The van der Waals surface area contributed by atoms with Crippen LogP contribution < -0.4 is 5.73 Å². The lowest BCUT2D eigenvalue weighted by Gasteiger charge is -2.04. The van der Waals surface area contributed by atoms with Gasteiger partial charge in [-0.05, 0) is 28.8 Å². The Bertz CT molecular complexity index is 616. The molecule has 0 fully saturated rings. The molecule has 3 aromatic rings. The molecular weight excluding hydrogens is 254 g/mol. The van der Waals surface area contributed by atoms with E-state index in [2.05, 4.69) is 30.8 Å². The SMILES string of the molecule is C=C(c1ccccc1)c1ccccc1.Nc1ccccc1. The van der Waals surface area contributed by atoms with Crippen LogP contribution in [0, 0.1) is 0 Å². The van der Waals surface area contributed by atoms with Crippen LogP contribution in [0.5, 0.6) is 0 Å². The molecule has 3 rings (SSSR count). The number of hydrogen-bond donors (Lipinski definition) is 1. The Balaban J connectivity index is 0.000000194. The monoisotopic (exact) mass is 273 g/mol. The Labute approximate surface area is 126 Å². The number of nitrogen functional groups attached to an aromatic ring is 1. The first-order chi connectivity index (χ1) is 10.3. The maximum absolute atomic E-state index is 5.36. The average Bonchev–Trinajstić information content (AvgIpc) is 2.57. The molecule has 0 bridgehead atoms. The van der Waals surface area contributed by atoms with E-state index in [9.17, 15) is 0 Å². The van der Waals surface area contributed by atoms with Gasteiger partial charge in [0.05, 0.1) is 0 Å². The Kier molecular flexibility index (Phi) is 5.36. The molecule has 0 saturated carbocycles. The molecule has 0 heterocycles. The van der Waals surface area contributed by atoms with Gasteiger partial charge in [-0.3, -0.25) is 0 Å². The molecule has 3 aromatic carbocycles. The van der Waals surface area contributed by atoms with Gasteiger partial charge in [0, 0.05) is 5.69 Å². The second-order valence-electron chi connectivity index (χ2n) is 4.62. The van der Waals surface area contributed by atoms with E-state index >= 15 is 0 Å². The van der Waals surface area contributed by atoms with E-state index in [0.717, 1.165) is 11.3 Å². The normalized spacial score (nSPS) is 9.33. The highest BCUT2D eigenvalue weighted by molar-refractivity contribution is 5.77. The number of hydrogen-bond acceptors (Lipinski definition) is 1. The zero-order chi connectivity index (χ0) is 14.9. The summed E-state index contributed by atoms with van der Waals surface area (Å²) < 4.78 is 0. The molecule has 1 nitrogen and oxygen atoms in total. The molecule has 1 heteroatoms. The maximum Gasteiger partial charge on any atom is 0.0313 e. The third kappa shape index (κ3) is 4.66. The largest absolute Gasteiger partial charge is 0.399 e. The molecule has 0 saturated heterocycles. The number of anilines is 1. The Morgan fingerprint density at radius 3 is 1.19 bits per heavy atom.